The molecule has 0 spiro atoms. The van der Waals surface area contributed by atoms with Crippen molar-refractivity contribution >= 4 is 34.9 Å². The molecule has 1 N–H and O–H groups in total. The number of carbonyl (C=O) groups is 1. The number of hydrogen-bond donors (Lipinski definition) is 1. The van der Waals surface area contributed by atoms with E-state index in [-0.39, 0.29) is 12.1 Å². The first kappa shape index (κ1) is 18.0. The molecule has 2 amide bonds. The monoisotopic (exact) mass is 399 g/mol. The van der Waals surface area contributed by atoms with Gasteiger partial charge in [0.1, 0.15) is 0 Å². The number of carbonyl (C=O) groups excluding carboxylic acids is 1. The molecule has 2 heterocycles. The number of rotatable bonds is 2. The van der Waals surface area contributed by atoms with Crippen molar-refractivity contribution in [2.24, 2.45) is 0 Å². The van der Waals surface area contributed by atoms with Gasteiger partial charge in [-0.3, -0.25) is 0 Å². The summed E-state index contributed by atoms with van der Waals surface area (Å²) in [7, 11) is 0. The van der Waals surface area contributed by atoms with Gasteiger partial charge in [-0.2, -0.15) is 0 Å². The number of nitrogens with zero attached hydrogens (tertiary/aromatic N) is 2. The minimum Gasteiger partial charge on any atom is -0.348 e. The molecule has 1 aliphatic rings. The van der Waals surface area contributed by atoms with Crippen molar-refractivity contribution in [3.63, 3.8) is 0 Å². The summed E-state index contributed by atoms with van der Waals surface area (Å²) in [4.78, 5) is 14.9. The highest BCUT2D eigenvalue weighted by Gasteiger charge is 2.32. The molecule has 6 heteroatoms. The Morgan fingerprint density at radius 3 is 2.56 bits per heavy atom. The predicted molar refractivity (Wildman–Crippen MR) is 110 cm³/mol. The standard InChI is InChI=1S/C21H19Cl2N3O/c1-14-4-6-15(7-5-14)20-19-3-2-10-25(19)11-12-26(20)21(27)24-16-8-9-17(22)18(23)13-16/h2-10,13,20H,11-12H2,1H3,(H,24,27). The molecule has 0 bridgehead atoms. The van der Waals surface area contributed by atoms with E-state index in [1.165, 1.54) is 5.56 Å². The fourth-order valence-corrected chi connectivity index (χ4v) is 3.77. The number of urea groups is 1. The van der Waals surface area contributed by atoms with Crippen LogP contribution in [-0.2, 0) is 6.54 Å². The minimum absolute atomic E-state index is 0.142. The summed E-state index contributed by atoms with van der Waals surface area (Å²) >= 11 is 12.0. The van der Waals surface area contributed by atoms with Crippen LogP contribution in [0.25, 0.3) is 0 Å². The summed E-state index contributed by atoms with van der Waals surface area (Å²) in [5.74, 6) is 0. The van der Waals surface area contributed by atoms with Crippen LogP contribution in [0.2, 0.25) is 10.0 Å². The highest BCUT2D eigenvalue weighted by atomic mass is 35.5. The lowest BCUT2D eigenvalue weighted by molar-refractivity contribution is 0.182. The van der Waals surface area contributed by atoms with Crippen LogP contribution in [0.4, 0.5) is 10.5 Å². The molecule has 0 saturated carbocycles. The van der Waals surface area contributed by atoms with E-state index in [1.807, 2.05) is 11.0 Å². The third-order valence-corrected chi connectivity index (χ3v) is 5.60. The van der Waals surface area contributed by atoms with Crippen molar-refractivity contribution in [3.8, 4) is 0 Å². The van der Waals surface area contributed by atoms with E-state index < -0.39 is 0 Å². The van der Waals surface area contributed by atoms with Crippen LogP contribution >= 0.6 is 23.2 Å². The van der Waals surface area contributed by atoms with Gasteiger partial charge < -0.3 is 14.8 Å². The van der Waals surface area contributed by atoms with E-state index in [0.717, 1.165) is 17.8 Å². The first-order valence-electron chi connectivity index (χ1n) is 8.77. The summed E-state index contributed by atoms with van der Waals surface area (Å²) in [6.07, 6.45) is 2.06. The number of hydrogen-bond acceptors (Lipinski definition) is 1. The van der Waals surface area contributed by atoms with Gasteiger partial charge >= 0.3 is 6.03 Å². The number of nitrogens with one attached hydrogen (secondary N) is 1. The van der Waals surface area contributed by atoms with Gasteiger partial charge in [0.2, 0.25) is 0 Å². The largest absolute Gasteiger partial charge is 0.348 e. The van der Waals surface area contributed by atoms with Crippen LogP contribution in [-0.4, -0.2) is 22.0 Å². The first-order valence-corrected chi connectivity index (χ1v) is 9.53. The van der Waals surface area contributed by atoms with Crippen LogP contribution in [0, 0.1) is 6.92 Å². The molecule has 0 fully saturated rings. The minimum atomic E-state index is -0.161. The molecular formula is C21H19Cl2N3O. The van der Waals surface area contributed by atoms with Crippen molar-refractivity contribution in [3.05, 3.63) is 87.7 Å². The number of benzene rings is 2. The fraction of sp³-hybridized carbons (Fsp3) is 0.190. The maximum absolute atomic E-state index is 13.1. The third kappa shape index (κ3) is 3.55. The Kier molecular flexibility index (Phi) is 4.85. The van der Waals surface area contributed by atoms with Gasteiger partial charge in [0.15, 0.2) is 0 Å². The molecule has 1 unspecified atom stereocenters. The smallest absolute Gasteiger partial charge is 0.322 e. The van der Waals surface area contributed by atoms with Crippen molar-refractivity contribution in [2.45, 2.75) is 19.5 Å². The average molecular weight is 400 g/mol. The zero-order chi connectivity index (χ0) is 19.0. The summed E-state index contributed by atoms with van der Waals surface area (Å²) in [5, 5.41) is 3.82. The highest BCUT2D eigenvalue weighted by molar-refractivity contribution is 6.42. The first-order chi connectivity index (χ1) is 13.0. The summed E-state index contributed by atoms with van der Waals surface area (Å²) in [6.45, 7) is 3.44. The van der Waals surface area contributed by atoms with Gasteiger partial charge in [0, 0.05) is 30.7 Å². The number of halogens is 2. The van der Waals surface area contributed by atoms with Crippen LogP contribution in [0.3, 0.4) is 0 Å². The van der Waals surface area contributed by atoms with E-state index in [0.29, 0.717) is 22.3 Å². The van der Waals surface area contributed by atoms with Crippen LogP contribution in [0.15, 0.2) is 60.8 Å². The Labute approximate surface area is 168 Å². The van der Waals surface area contributed by atoms with E-state index in [9.17, 15) is 4.79 Å². The molecule has 3 aromatic rings. The van der Waals surface area contributed by atoms with Gasteiger partial charge in [0.05, 0.1) is 16.1 Å². The molecule has 0 radical (unpaired) electrons. The number of anilines is 1. The molecule has 0 aliphatic carbocycles. The van der Waals surface area contributed by atoms with E-state index >= 15 is 0 Å². The molecule has 1 aliphatic heterocycles. The molecule has 2 aromatic carbocycles. The lowest BCUT2D eigenvalue weighted by atomic mass is 9.99. The predicted octanol–water partition coefficient (Wildman–Crippen LogP) is 5.74. The molecule has 1 aromatic heterocycles. The second-order valence-corrected chi connectivity index (χ2v) is 7.51. The Balaban J connectivity index is 1.66. The quantitative estimate of drug-likeness (QED) is 0.585. The van der Waals surface area contributed by atoms with Crippen molar-refractivity contribution in [2.75, 3.05) is 11.9 Å². The van der Waals surface area contributed by atoms with Crippen LogP contribution in [0.1, 0.15) is 22.9 Å². The SMILES string of the molecule is Cc1ccc(C2c3cccn3CCN2C(=O)Nc2ccc(Cl)c(Cl)c2)cc1. The van der Waals surface area contributed by atoms with Gasteiger partial charge in [-0.05, 0) is 42.8 Å². The molecule has 138 valence electrons. The Hall–Kier alpha value is -2.43. The van der Waals surface area contributed by atoms with Crippen LogP contribution in [0.5, 0.6) is 0 Å². The van der Waals surface area contributed by atoms with Gasteiger partial charge in [-0.15, -0.1) is 0 Å². The molecule has 27 heavy (non-hydrogen) atoms. The van der Waals surface area contributed by atoms with E-state index in [2.05, 4.69) is 53.3 Å². The highest BCUT2D eigenvalue weighted by Crippen LogP contribution is 2.33. The summed E-state index contributed by atoms with van der Waals surface area (Å²) in [5.41, 5.74) is 4.01. The molecule has 4 rings (SSSR count). The van der Waals surface area contributed by atoms with Crippen molar-refractivity contribution < 1.29 is 4.79 Å². The van der Waals surface area contributed by atoms with E-state index in [4.69, 9.17) is 23.2 Å². The maximum Gasteiger partial charge on any atom is 0.322 e. The fourth-order valence-electron chi connectivity index (χ4n) is 3.47. The number of aromatic nitrogens is 1. The maximum atomic E-state index is 13.1. The second kappa shape index (κ2) is 7.29. The second-order valence-electron chi connectivity index (χ2n) is 6.69. The van der Waals surface area contributed by atoms with Crippen molar-refractivity contribution in [1.29, 1.82) is 0 Å². The van der Waals surface area contributed by atoms with Crippen LogP contribution < -0.4 is 5.32 Å². The molecular weight excluding hydrogens is 381 g/mol. The Morgan fingerprint density at radius 2 is 1.81 bits per heavy atom. The van der Waals surface area contributed by atoms with Gasteiger partial charge in [0.25, 0.3) is 0 Å². The average Bonchev–Trinajstić information content (AvgIpc) is 3.13. The van der Waals surface area contributed by atoms with E-state index in [1.54, 1.807) is 18.2 Å². The molecule has 1 atom stereocenters. The zero-order valence-electron chi connectivity index (χ0n) is 14.8. The van der Waals surface area contributed by atoms with Gasteiger partial charge in [-0.25, -0.2) is 4.79 Å². The van der Waals surface area contributed by atoms with Crippen molar-refractivity contribution in [1.82, 2.24) is 9.47 Å². The lowest BCUT2D eigenvalue weighted by Crippen LogP contribution is -2.44. The molecule has 4 nitrogen and oxygen atoms in total. The zero-order valence-corrected chi connectivity index (χ0v) is 16.3. The topological polar surface area (TPSA) is 37.3 Å². The Morgan fingerprint density at radius 1 is 1.04 bits per heavy atom. The number of aryl methyl sites for hydroxylation is 1. The normalized spacial score (nSPS) is 16.1. The number of amides is 2. The summed E-state index contributed by atoms with van der Waals surface area (Å²) < 4.78 is 2.20. The number of fused-ring (bicyclic) bond motifs is 1. The summed E-state index contributed by atoms with van der Waals surface area (Å²) in [6, 6.07) is 17.2. The Bertz CT molecular complexity index is 981. The molecule has 0 saturated heterocycles. The van der Waals surface area contributed by atoms with Gasteiger partial charge in [-0.1, -0.05) is 53.0 Å². The third-order valence-electron chi connectivity index (χ3n) is 4.86. The lowest BCUT2D eigenvalue weighted by Gasteiger charge is -2.37.